The zero-order valence-electron chi connectivity index (χ0n) is 10.1. The van der Waals surface area contributed by atoms with Gasteiger partial charge in [-0.2, -0.15) is 4.98 Å². The molecular weight excluding hydrogens is 355 g/mol. The van der Waals surface area contributed by atoms with Crippen molar-refractivity contribution in [2.24, 2.45) is 5.84 Å². The number of nitrogens with two attached hydrogens (primary N) is 1. The zero-order valence-corrected chi connectivity index (χ0v) is 12.3. The number of benzene rings is 1. The van der Waals surface area contributed by atoms with E-state index in [1.54, 1.807) is 6.07 Å². The third kappa shape index (κ3) is 2.95. The van der Waals surface area contributed by atoms with Gasteiger partial charge in [0.15, 0.2) is 0 Å². The fourth-order valence-electron chi connectivity index (χ4n) is 1.73. The van der Waals surface area contributed by atoms with Crippen LogP contribution in [0.2, 0.25) is 0 Å². The van der Waals surface area contributed by atoms with E-state index in [2.05, 4.69) is 38.0 Å². The Bertz CT molecular complexity index is 601. The van der Waals surface area contributed by atoms with Gasteiger partial charge in [-0.1, -0.05) is 12.1 Å². The first-order valence-electron chi connectivity index (χ1n) is 6.04. The maximum Gasteiger partial charge on any atom is 0.224 e. The first kappa shape index (κ1) is 12.6. The van der Waals surface area contributed by atoms with Gasteiger partial charge < -0.3 is 10.2 Å². The second-order valence-electron chi connectivity index (χ2n) is 4.40. The molecule has 1 aromatic heterocycles. The van der Waals surface area contributed by atoms with Crippen LogP contribution in [0.5, 0.6) is 11.6 Å². The van der Waals surface area contributed by atoms with Gasteiger partial charge in [0.05, 0.1) is 3.57 Å². The highest BCUT2D eigenvalue weighted by molar-refractivity contribution is 14.1. The minimum atomic E-state index is 0.450. The Morgan fingerprint density at radius 2 is 2.05 bits per heavy atom. The normalized spacial score (nSPS) is 14.2. The molecular formula is C13H13IN4O. The number of anilines is 1. The van der Waals surface area contributed by atoms with E-state index in [4.69, 9.17) is 10.6 Å². The van der Waals surface area contributed by atoms with E-state index in [0.717, 1.165) is 28.0 Å². The molecule has 0 amide bonds. The highest BCUT2D eigenvalue weighted by atomic mass is 127. The fraction of sp³-hybridized carbons (Fsp3) is 0.231. The monoisotopic (exact) mass is 368 g/mol. The van der Waals surface area contributed by atoms with Crippen molar-refractivity contribution < 1.29 is 4.74 Å². The predicted octanol–water partition coefficient (Wildman–Crippen LogP) is 3.04. The molecule has 1 aliphatic carbocycles. The van der Waals surface area contributed by atoms with Crippen molar-refractivity contribution >= 4 is 28.4 Å². The Morgan fingerprint density at radius 1 is 1.26 bits per heavy atom. The van der Waals surface area contributed by atoms with Crippen LogP contribution >= 0.6 is 22.6 Å². The lowest BCUT2D eigenvalue weighted by atomic mass is 10.3. The van der Waals surface area contributed by atoms with Crippen LogP contribution in [0.25, 0.3) is 0 Å². The average molecular weight is 368 g/mol. The Hall–Kier alpha value is -1.41. The van der Waals surface area contributed by atoms with Crippen LogP contribution in [0, 0.1) is 3.57 Å². The molecule has 98 valence electrons. The first-order valence-corrected chi connectivity index (χ1v) is 7.12. The molecule has 5 nitrogen and oxygen atoms in total. The molecule has 0 atom stereocenters. The molecule has 0 spiro atoms. The van der Waals surface area contributed by atoms with Crippen molar-refractivity contribution in [3.63, 3.8) is 0 Å². The fourth-order valence-corrected chi connectivity index (χ4v) is 2.23. The van der Waals surface area contributed by atoms with Crippen LogP contribution in [-0.2, 0) is 0 Å². The van der Waals surface area contributed by atoms with Gasteiger partial charge in [-0.3, -0.25) is 0 Å². The van der Waals surface area contributed by atoms with E-state index in [1.807, 2.05) is 24.3 Å². The summed E-state index contributed by atoms with van der Waals surface area (Å²) in [5.74, 6) is 8.57. The molecule has 1 aliphatic rings. The van der Waals surface area contributed by atoms with Crippen molar-refractivity contribution in [3.05, 3.63) is 39.7 Å². The van der Waals surface area contributed by atoms with Crippen LogP contribution < -0.4 is 16.0 Å². The lowest BCUT2D eigenvalue weighted by Gasteiger charge is -2.09. The van der Waals surface area contributed by atoms with Gasteiger partial charge in [-0.25, -0.2) is 10.8 Å². The lowest BCUT2D eigenvalue weighted by molar-refractivity contribution is 0.456. The minimum Gasteiger partial charge on any atom is -0.438 e. The summed E-state index contributed by atoms with van der Waals surface area (Å²) < 4.78 is 6.85. The SMILES string of the molecule is NNc1cc(Oc2ccccc2I)nc(C2CC2)n1. The van der Waals surface area contributed by atoms with Gasteiger partial charge in [0.1, 0.15) is 17.4 Å². The lowest BCUT2D eigenvalue weighted by Crippen LogP contribution is -2.10. The van der Waals surface area contributed by atoms with Crippen molar-refractivity contribution in [2.75, 3.05) is 5.43 Å². The number of nitrogens with zero attached hydrogens (tertiary/aromatic N) is 2. The Kier molecular flexibility index (Phi) is 3.52. The molecule has 0 bridgehead atoms. The summed E-state index contributed by atoms with van der Waals surface area (Å²) in [6.45, 7) is 0. The van der Waals surface area contributed by atoms with E-state index in [1.165, 1.54) is 0 Å². The minimum absolute atomic E-state index is 0.450. The number of para-hydroxylation sites is 1. The van der Waals surface area contributed by atoms with Gasteiger partial charge in [-0.05, 0) is 47.6 Å². The number of hydrogen-bond acceptors (Lipinski definition) is 5. The van der Waals surface area contributed by atoms with Crippen LogP contribution in [0.4, 0.5) is 5.82 Å². The summed E-state index contributed by atoms with van der Waals surface area (Å²) >= 11 is 2.23. The summed E-state index contributed by atoms with van der Waals surface area (Å²) in [6, 6.07) is 9.51. The van der Waals surface area contributed by atoms with E-state index in [-0.39, 0.29) is 0 Å². The second-order valence-corrected chi connectivity index (χ2v) is 5.56. The summed E-state index contributed by atoms with van der Waals surface area (Å²) in [4.78, 5) is 8.80. The number of hydrazine groups is 1. The van der Waals surface area contributed by atoms with E-state index in [9.17, 15) is 0 Å². The number of hydrogen-bond donors (Lipinski definition) is 2. The molecule has 0 radical (unpaired) electrons. The van der Waals surface area contributed by atoms with Gasteiger partial charge in [-0.15, -0.1) is 0 Å². The van der Waals surface area contributed by atoms with Gasteiger partial charge in [0, 0.05) is 12.0 Å². The maximum absolute atomic E-state index is 5.82. The molecule has 1 aromatic carbocycles. The van der Waals surface area contributed by atoms with Crippen LogP contribution in [0.1, 0.15) is 24.6 Å². The zero-order chi connectivity index (χ0) is 13.2. The van der Waals surface area contributed by atoms with Gasteiger partial charge in [0.2, 0.25) is 5.88 Å². The number of nitrogen functional groups attached to an aromatic ring is 1. The quantitative estimate of drug-likeness (QED) is 0.493. The van der Waals surface area contributed by atoms with E-state index in [0.29, 0.717) is 17.6 Å². The van der Waals surface area contributed by atoms with Crippen molar-refractivity contribution in [2.45, 2.75) is 18.8 Å². The summed E-state index contributed by atoms with van der Waals surface area (Å²) in [6.07, 6.45) is 2.27. The van der Waals surface area contributed by atoms with E-state index < -0.39 is 0 Å². The van der Waals surface area contributed by atoms with Gasteiger partial charge >= 0.3 is 0 Å². The smallest absolute Gasteiger partial charge is 0.224 e. The molecule has 0 aliphatic heterocycles. The number of nitrogens with one attached hydrogen (secondary N) is 1. The number of aromatic nitrogens is 2. The molecule has 19 heavy (non-hydrogen) atoms. The number of rotatable bonds is 4. The Morgan fingerprint density at radius 3 is 2.74 bits per heavy atom. The second kappa shape index (κ2) is 5.30. The molecule has 1 saturated carbocycles. The maximum atomic E-state index is 5.82. The van der Waals surface area contributed by atoms with Crippen LogP contribution in [0.15, 0.2) is 30.3 Å². The van der Waals surface area contributed by atoms with Crippen molar-refractivity contribution in [3.8, 4) is 11.6 Å². The summed E-state index contributed by atoms with van der Waals surface area (Å²) in [5.41, 5.74) is 2.56. The van der Waals surface area contributed by atoms with Gasteiger partial charge in [0.25, 0.3) is 0 Å². The molecule has 6 heteroatoms. The largest absolute Gasteiger partial charge is 0.438 e. The summed E-state index contributed by atoms with van der Waals surface area (Å²) in [7, 11) is 0. The average Bonchev–Trinajstić information content (AvgIpc) is 3.25. The van der Waals surface area contributed by atoms with Crippen molar-refractivity contribution in [1.29, 1.82) is 0 Å². The third-order valence-corrected chi connectivity index (χ3v) is 3.75. The Labute approximate surface area is 124 Å². The van der Waals surface area contributed by atoms with Crippen molar-refractivity contribution in [1.82, 2.24) is 9.97 Å². The number of ether oxygens (including phenoxy) is 1. The van der Waals surface area contributed by atoms with E-state index >= 15 is 0 Å². The highest BCUT2D eigenvalue weighted by Gasteiger charge is 2.27. The topological polar surface area (TPSA) is 73.1 Å². The molecule has 1 fully saturated rings. The molecule has 0 saturated heterocycles. The van der Waals surface area contributed by atoms with Crippen LogP contribution in [-0.4, -0.2) is 9.97 Å². The number of halogens is 1. The third-order valence-electron chi connectivity index (χ3n) is 2.86. The predicted molar refractivity (Wildman–Crippen MR) is 81.1 cm³/mol. The molecule has 2 aromatic rings. The molecule has 0 unspecified atom stereocenters. The molecule has 3 rings (SSSR count). The summed E-state index contributed by atoms with van der Waals surface area (Å²) in [5, 5.41) is 0. The molecule has 3 N–H and O–H groups in total. The standard InChI is InChI=1S/C13H13IN4O/c14-9-3-1-2-4-10(9)19-12-7-11(18-15)16-13(17-12)8-5-6-8/h1-4,7-8H,5-6,15H2,(H,16,17,18). The molecule has 1 heterocycles. The highest BCUT2D eigenvalue weighted by Crippen LogP contribution is 2.39. The Balaban J connectivity index is 1.91. The first-order chi connectivity index (χ1) is 9.26. The van der Waals surface area contributed by atoms with Crippen LogP contribution in [0.3, 0.4) is 0 Å².